The van der Waals surface area contributed by atoms with Gasteiger partial charge >= 0.3 is 0 Å². The number of nitrogens with two attached hydrogens (primary N) is 1. The van der Waals surface area contributed by atoms with E-state index in [1.807, 2.05) is 0 Å². The van der Waals surface area contributed by atoms with Gasteiger partial charge in [0.15, 0.2) is 0 Å². The standard InChI is InChI=1S/C4H7BN2S/c1-3(5)7-2-4(6)8/h7H,1-2H2,(H2,6,8). The number of hydrogen-bond donors (Lipinski definition) is 2. The van der Waals surface area contributed by atoms with E-state index in [0.29, 0.717) is 17.1 Å². The Kier molecular flexibility index (Phi) is 3.27. The quantitative estimate of drug-likeness (QED) is 0.395. The first kappa shape index (κ1) is 7.49. The zero-order valence-corrected chi connectivity index (χ0v) is 5.29. The van der Waals surface area contributed by atoms with Gasteiger partial charge in [-0.15, -0.1) is 0 Å². The van der Waals surface area contributed by atoms with Gasteiger partial charge in [0.1, 0.15) is 7.85 Å². The minimum atomic E-state index is 0.386. The molecular formula is C4H7BN2S. The molecular weight excluding hydrogens is 119 g/mol. The van der Waals surface area contributed by atoms with Crippen molar-refractivity contribution in [3.63, 3.8) is 0 Å². The van der Waals surface area contributed by atoms with Crippen LogP contribution in [-0.2, 0) is 0 Å². The summed E-state index contributed by atoms with van der Waals surface area (Å²) in [5.74, 6) is 0. The van der Waals surface area contributed by atoms with Crippen LogP contribution in [0.5, 0.6) is 0 Å². The zero-order chi connectivity index (χ0) is 6.57. The summed E-state index contributed by atoms with van der Waals surface area (Å²) in [6.45, 7) is 3.80. The third-order valence-electron chi connectivity index (χ3n) is 0.490. The lowest BCUT2D eigenvalue weighted by molar-refractivity contribution is 1.00. The van der Waals surface area contributed by atoms with Crippen LogP contribution in [0.1, 0.15) is 0 Å². The van der Waals surface area contributed by atoms with Gasteiger partial charge in [-0.3, -0.25) is 0 Å². The van der Waals surface area contributed by atoms with Crippen LogP contribution in [0.3, 0.4) is 0 Å². The maximum absolute atomic E-state index is 5.12. The average Bonchev–Trinajstić information content (AvgIpc) is 1.61. The van der Waals surface area contributed by atoms with E-state index >= 15 is 0 Å². The summed E-state index contributed by atoms with van der Waals surface area (Å²) in [5, 5.41) is 2.66. The molecule has 0 heterocycles. The summed E-state index contributed by atoms with van der Waals surface area (Å²) in [4.78, 5) is 0.386. The van der Waals surface area contributed by atoms with E-state index in [1.54, 1.807) is 0 Å². The number of nitrogens with one attached hydrogen (secondary N) is 1. The SMILES string of the molecule is [B]C(=C)NCC(N)=S. The molecule has 0 aromatic heterocycles. The van der Waals surface area contributed by atoms with Gasteiger partial charge in [-0.05, 0) is 5.60 Å². The van der Waals surface area contributed by atoms with Crippen molar-refractivity contribution in [3.8, 4) is 0 Å². The van der Waals surface area contributed by atoms with Crippen LogP contribution in [0.4, 0.5) is 0 Å². The molecule has 0 atom stereocenters. The van der Waals surface area contributed by atoms with Crippen molar-refractivity contribution in [2.75, 3.05) is 6.54 Å². The number of thiocarbonyl (C=S) groups is 1. The van der Waals surface area contributed by atoms with Crippen LogP contribution < -0.4 is 11.1 Å². The summed E-state index contributed by atoms with van der Waals surface area (Å²) in [6.07, 6.45) is 0. The molecule has 0 bridgehead atoms. The fourth-order valence-corrected chi connectivity index (χ4v) is 0.273. The summed E-state index contributed by atoms with van der Waals surface area (Å²) in [7, 11) is 5.12. The lowest BCUT2D eigenvalue weighted by Crippen LogP contribution is -2.26. The maximum Gasteiger partial charge on any atom is 0.137 e. The smallest absolute Gasteiger partial charge is 0.137 e. The summed E-state index contributed by atoms with van der Waals surface area (Å²) in [5.41, 5.74) is 5.50. The molecule has 0 fully saturated rings. The van der Waals surface area contributed by atoms with E-state index in [1.165, 1.54) is 0 Å². The molecule has 0 saturated carbocycles. The minimum Gasteiger partial charge on any atom is -0.392 e. The highest BCUT2D eigenvalue weighted by molar-refractivity contribution is 7.80. The van der Waals surface area contributed by atoms with Gasteiger partial charge in [0.25, 0.3) is 0 Å². The predicted molar refractivity (Wildman–Crippen MR) is 39.7 cm³/mol. The Morgan fingerprint density at radius 2 is 2.38 bits per heavy atom. The van der Waals surface area contributed by atoms with E-state index in [0.717, 1.165) is 0 Å². The van der Waals surface area contributed by atoms with Gasteiger partial charge in [-0.25, -0.2) is 0 Å². The Balaban J connectivity index is 3.18. The summed E-state index contributed by atoms with van der Waals surface area (Å²) >= 11 is 4.53. The minimum absolute atomic E-state index is 0.386. The highest BCUT2D eigenvalue weighted by Crippen LogP contribution is 1.69. The molecule has 0 aliphatic heterocycles. The Labute approximate surface area is 55.5 Å². The van der Waals surface area contributed by atoms with Gasteiger partial charge in [0.05, 0.1) is 11.5 Å². The number of hydrogen-bond acceptors (Lipinski definition) is 2. The average molecular weight is 126 g/mol. The summed E-state index contributed by atoms with van der Waals surface area (Å²) < 4.78 is 0. The van der Waals surface area contributed by atoms with Crippen molar-refractivity contribution in [3.05, 3.63) is 12.2 Å². The largest absolute Gasteiger partial charge is 0.392 e. The normalized spacial score (nSPS) is 8.00. The van der Waals surface area contributed by atoms with Gasteiger partial charge < -0.3 is 11.1 Å². The van der Waals surface area contributed by atoms with Gasteiger partial charge in [-0.2, -0.15) is 0 Å². The van der Waals surface area contributed by atoms with Crippen molar-refractivity contribution >= 4 is 25.1 Å². The molecule has 0 saturated heterocycles. The van der Waals surface area contributed by atoms with Crippen molar-refractivity contribution in [1.82, 2.24) is 5.32 Å². The Morgan fingerprint density at radius 3 is 2.50 bits per heavy atom. The Morgan fingerprint density at radius 1 is 1.88 bits per heavy atom. The molecule has 0 spiro atoms. The Hall–Kier alpha value is -0.505. The van der Waals surface area contributed by atoms with E-state index < -0.39 is 0 Å². The van der Waals surface area contributed by atoms with Crippen molar-refractivity contribution in [1.29, 1.82) is 0 Å². The van der Waals surface area contributed by atoms with Crippen molar-refractivity contribution in [2.24, 2.45) is 5.73 Å². The Bertz CT molecular complexity index is 98.6. The predicted octanol–water partition coefficient (Wildman–Crippen LogP) is -0.498. The molecule has 0 unspecified atom stereocenters. The topological polar surface area (TPSA) is 38.0 Å². The molecule has 2 radical (unpaired) electrons. The van der Waals surface area contributed by atoms with Crippen LogP contribution in [0.15, 0.2) is 12.2 Å². The van der Waals surface area contributed by atoms with Crippen LogP contribution in [0.25, 0.3) is 0 Å². The highest BCUT2D eigenvalue weighted by Gasteiger charge is 1.84. The molecule has 0 aromatic carbocycles. The second-order valence-corrected chi connectivity index (χ2v) is 1.87. The van der Waals surface area contributed by atoms with E-state index in [-0.39, 0.29) is 0 Å². The van der Waals surface area contributed by atoms with Gasteiger partial charge in [-0.1, -0.05) is 18.8 Å². The second kappa shape index (κ2) is 3.49. The molecule has 0 aromatic rings. The third-order valence-corrected chi connectivity index (χ3v) is 0.634. The van der Waals surface area contributed by atoms with E-state index in [2.05, 4.69) is 24.1 Å². The zero-order valence-electron chi connectivity index (χ0n) is 4.48. The van der Waals surface area contributed by atoms with E-state index in [4.69, 9.17) is 13.6 Å². The molecule has 0 aliphatic carbocycles. The number of rotatable bonds is 3. The maximum atomic E-state index is 5.12. The van der Waals surface area contributed by atoms with Gasteiger partial charge in [0, 0.05) is 0 Å². The fourth-order valence-electron chi connectivity index (χ4n) is 0.201. The lowest BCUT2D eigenvalue weighted by atomic mass is 10.1. The first-order chi connectivity index (χ1) is 3.63. The fraction of sp³-hybridized carbons (Fsp3) is 0.250. The van der Waals surface area contributed by atoms with Crippen LogP contribution in [0, 0.1) is 0 Å². The lowest BCUT2D eigenvalue weighted by Gasteiger charge is -2.00. The van der Waals surface area contributed by atoms with E-state index in [9.17, 15) is 0 Å². The molecule has 42 valence electrons. The van der Waals surface area contributed by atoms with Crippen molar-refractivity contribution in [2.45, 2.75) is 0 Å². The molecule has 0 rings (SSSR count). The monoisotopic (exact) mass is 126 g/mol. The highest BCUT2D eigenvalue weighted by atomic mass is 32.1. The van der Waals surface area contributed by atoms with Crippen LogP contribution >= 0.6 is 12.2 Å². The third kappa shape index (κ3) is 5.49. The second-order valence-electron chi connectivity index (χ2n) is 1.35. The molecule has 3 N–H and O–H groups in total. The summed E-state index contributed by atoms with van der Waals surface area (Å²) in [6, 6.07) is 0. The van der Waals surface area contributed by atoms with Gasteiger partial charge in [0.2, 0.25) is 0 Å². The van der Waals surface area contributed by atoms with Crippen LogP contribution in [-0.4, -0.2) is 19.4 Å². The van der Waals surface area contributed by atoms with Crippen molar-refractivity contribution < 1.29 is 0 Å². The molecule has 2 nitrogen and oxygen atoms in total. The molecule has 4 heteroatoms. The molecule has 0 amide bonds. The first-order valence-electron chi connectivity index (χ1n) is 2.09. The molecule has 8 heavy (non-hydrogen) atoms. The van der Waals surface area contributed by atoms with Crippen LogP contribution in [0.2, 0.25) is 0 Å². The first-order valence-corrected chi connectivity index (χ1v) is 2.50. The molecule has 0 aliphatic rings.